The summed E-state index contributed by atoms with van der Waals surface area (Å²) in [4.78, 5) is 12.2. The van der Waals surface area contributed by atoms with E-state index in [0.717, 1.165) is 5.69 Å². The van der Waals surface area contributed by atoms with E-state index in [2.05, 4.69) is 10.4 Å². The molecule has 0 aliphatic heterocycles. The first-order valence-corrected chi connectivity index (χ1v) is 8.95. The zero-order chi connectivity index (χ0) is 20.8. The highest BCUT2D eigenvalue weighted by Gasteiger charge is 2.18. The lowest BCUT2D eigenvalue weighted by Gasteiger charge is -2.14. The van der Waals surface area contributed by atoms with Crippen LogP contribution in [0.1, 0.15) is 6.92 Å². The van der Waals surface area contributed by atoms with E-state index in [1.54, 1.807) is 19.2 Å². The molecular weight excluding hydrogens is 378 g/mol. The monoisotopic (exact) mass is 401 g/mol. The molecule has 0 amide bonds. The molecule has 0 saturated carbocycles. The fourth-order valence-electron chi connectivity index (χ4n) is 2.76. The highest BCUT2D eigenvalue weighted by atomic mass is 16.5. The molecule has 0 atom stereocenters. The second-order valence-corrected chi connectivity index (χ2v) is 5.85. The molecule has 29 heavy (non-hydrogen) atoms. The Balaban J connectivity index is 1.89. The van der Waals surface area contributed by atoms with Gasteiger partial charge in [0, 0.05) is 5.56 Å². The summed E-state index contributed by atoms with van der Waals surface area (Å²) in [5.74, 6) is 1.56. The number of methoxy groups -OCH3 is 3. The predicted octanol–water partition coefficient (Wildman–Crippen LogP) is 3.00. The van der Waals surface area contributed by atoms with E-state index < -0.39 is 5.76 Å². The van der Waals surface area contributed by atoms with Crippen molar-refractivity contribution in [2.24, 2.45) is 0 Å². The van der Waals surface area contributed by atoms with Crippen LogP contribution in [0.3, 0.4) is 0 Å². The van der Waals surface area contributed by atoms with Gasteiger partial charge in [0.25, 0.3) is 0 Å². The third kappa shape index (κ3) is 4.29. The molecule has 1 aromatic heterocycles. The molecule has 1 N–H and O–H groups in total. The third-order valence-electron chi connectivity index (χ3n) is 4.13. The number of nitrogens with one attached hydrogen (secondary N) is 1. The molecule has 0 spiro atoms. The maximum Gasteiger partial charge on any atom is 0.439 e. The number of benzene rings is 2. The van der Waals surface area contributed by atoms with Gasteiger partial charge in [0.15, 0.2) is 11.5 Å². The topological polar surface area (TPSA) is 97.0 Å². The molecule has 1 heterocycles. The van der Waals surface area contributed by atoms with Gasteiger partial charge in [0.05, 0.1) is 33.6 Å². The van der Waals surface area contributed by atoms with Crippen molar-refractivity contribution in [3.8, 4) is 34.5 Å². The van der Waals surface area contributed by atoms with Crippen molar-refractivity contribution >= 4 is 5.69 Å². The first-order chi connectivity index (χ1) is 14.1. The molecule has 9 heteroatoms. The molecule has 0 aliphatic rings. The van der Waals surface area contributed by atoms with E-state index in [1.807, 2.05) is 31.2 Å². The smallest absolute Gasteiger partial charge is 0.439 e. The van der Waals surface area contributed by atoms with Crippen LogP contribution in [0, 0.1) is 0 Å². The largest absolute Gasteiger partial charge is 0.495 e. The Morgan fingerprint density at radius 3 is 2.31 bits per heavy atom. The Bertz CT molecular complexity index is 1000. The van der Waals surface area contributed by atoms with Crippen LogP contribution in [0.15, 0.2) is 45.6 Å². The fraction of sp³-hybridized carbons (Fsp3) is 0.300. The van der Waals surface area contributed by atoms with Gasteiger partial charge in [-0.3, -0.25) is 0 Å². The molecule has 3 aromatic rings. The van der Waals surface area contributed by atoms with Crippen LogP contribution < -0.4 is 30.0 Å². The van der Waals surface area contributed by atoms with Crippen LogP contribution in [0.25, 0.3) is 11.5 Å². The summed E-state index contributed by atoms with van der Waals surface area (Å²) >= 11 is 0. The zero-order valence-corrected chi connectivity index (χ0v) is 16.7. The van der Waals surface area contributed by atoms with Crippen LogP contribution in [0.4, 0.5) is 5.69 Å². The summed E-state index contributed by atoms with van der Waals surface area (Å²) in [5.41, 5.74) is 1.26. The van der Waals surface area contributed by atoms with Gasteiger partial charge in [-0.2, -0.15) is 4.68 Å². The Morgan fingerprint density at radius 1 is 1.03 bits per heavy atom. The molecule has 154 valence electrons. The minimum atomic E-state index is -0.603. The summed E-state index contributed by atoms with van der Waals surface area (Å²) in [6.45, 7) is 2.42. The number of hydrogen-bond donors (Lipinski definition) is 1. The summed E-state index contributed by atoms with van der Waals surface area (Å²) < 4.78 is 28.1. The first kappa shape index (κ1) is 20.1. The van der Waals surface area contributed by atoms with Crippen LogP contribution >= 0.6 is 0 Å². The van der Waals surface area contributed by atoms with Crippen LogP contribution in [0.2, 0.25) is 0 Å². The van der Waals surface area contributed by atoms with Crippen LogP contribution in [-0.4, -0.2) is 37.7 Å². The Morgan fingerprint density at radius 2 is 1.69 bits per heavy atom. The number of rotatable bonds is 9. The molecule has 3 rings (SSSR count). The van der Waals surface area contributed by atoms with Crippen molar-refractivity contribution < 1.29 is 23.4 Å². The molecule has 0 saturated heterocycles. The molecule has 9 nitrogen and oxygen atoms in total. The van der Waals surface area contributed by atoms with Crippen LogP contribution in [-0.2, 0) is 6.67 Å². The van der Waals surface area contributed by atoms with Gasteiger partial charge in [-0.15, -0.1) is 5.10 Å². The summed E-state index contributed by atoms with van der Waals surface area (Å²) in [6, 6.07) is 10.7. The Labute approximate surface area is 167 Å². The van der Waals surface area contributed by atoms with Crippen molar-refractivity contribution in [3.63, 3.8) is 0 Å². The van der Waals surface area contributed by atoms with Gasteiger partial charge in [-0.1, -0.05) is 12.1 Å². The van der Waals surface area contributed by atoms with E-state index in [0.29, 0.717) is 35.2 Å². The summed E-state index contributed by atoms with van der Waals surface area (Å²) in [5, 5.41) is 7.36. The van der Waals surface area contributed by atoms with E-state index in [9.17, 15) is 4.79 Å². The van der Waals surface area contributed by atoms with E-state index in [-0.39, 0.29) is 12.6 Å². The Kier molecular flexibility index (Phi) is 6.28. The molecule has 0 fully saturated rings. The maximum atomic E-state index is 12.2. The van der Waals surface area contributed by atoms with Gasteiger partial charge in [-0.05, 0) is 31.2 Å². The standard InChI is InChI=1S/C20H23N3O6/c1-5-28-18-16(26-3)10-13(11-17(18)27-4)19-22-23(20(24)29-19)12-21-14-8-6-7-9-15(14)25-2/h6-11,21H,5,12H2,1-4H3. The summed E-state index contributed by atoms with van der Waals surface area (Å²) in [6.07, 6.45) is 0. The lowest BCUT2D eigenvalue weighted by molar-refractivity contribution is 0.288. The van der Waals surface area contributed by atoms with Gasteiger partial charge in [0.2, 0.25) is 11.6 Å². The van der Waals surface area contributed by atoms with Gasteiger partial charge in [0.1, 0.15) is 12.4 Å². The first-order valence-electron chi connectivity index (χ1n) is 8.95. The summed E-state index contributed by atoms with van der Waals surface area (Å²) in [7, 11) is 4.62. The molecule has 2 aromatic carbocycles. The maximum absolute atomic E-state index is 12.2. The van der Waals surface area contributed by atoms with Crippen molar-refractivity contribution in [1.29, 1.82) is 0 Å². The van der Waals surface area contributed by atoms with Gasteiger partial charge < -0.3 is 28.7 Å². The number of nitrogens with zero attached hydrogens (tertiary/aromatic N) is 2. The van der Waals surface area contributed by atoms with Crippen molar-refractivity contribution in [2.75, 3.05) is 33.3 Å². The minimum Gasteiger partial charge on any atom is -0.495 e. The SMILES string of the molecule is CCOc1c(OC)cc(-c2nn(CNc3ccccc3OC)c(=O)o2)cc1OC. The number of hydrogen-bond acceptors (Lipinski definition) is 8. The molecule has 0 bridgehead atoms. The molecule has 0 radical (unpaired) electrons. The zero-order valence-electron chi connectivity index (χ0n) is 16.7. The lowest BCUT2D eigenvalue weighted by atomic mass is 10.2. The van der Waals surface area contributed by atoms with Crippen molar-refractivity contribution in [3.05, 3.63) is 46.9 Å². The third-order valence-corrected chi connectivity index (χ3v) is 4.13. The highest BCUT2D eigenvalue weighted by molar-refractivity contribution is 5.65. The van der Waals surface area contributed by atoms with E-state index in [1.165, 1.54) is 18.9 Å². The molecule has 0 aliphatic carbocycles. The fourth-order valence-corrected chi connectivity index (χ4v) is 2.76. The highest BCUT2D eigenvalue weighted by Crippen LogP contribution is 2.41. The second-order valence-electron chi connectivity index (χ2n) is 5.85. The van der Waals surface area contributed by atoms with Gasteiger partial charge >= 0.3 is 5.76 Å². The van der Waals surface area contributed by atoms with Crippen molar-refractivity contribution in [1.82, 2.24) is 9.78 Å². The van der Waals surface area contributed by atoms with E-state index >= 15 is 0 Å². The number of anilines is 1. The molecule has 0 unspecified atom stereocenters. The number of aromatic nitrogens is 2. The van der Waals surface area contributed by atoms with Crippen LogP contribution in [0.5, 0.6) is 23.0 Å². The van der Waals surface area contributed by atoms with Crippen molar-refractivity contribution in [2.45, 2.75) is 13.6 Å². The number of para-hydroxylation sites is 2. The lowest BCUT2D eigenvalue weighted by Crippen LogP contribution is -2.20. The average Bonchev–Trinajstić information content (AvgIpc) is 3.13. The Hall–Kier alpha value is -3.62. The average molecular weight is 401 g/mol. The van der Waals surface area contributed by atoms with Gasteiger partial charge in [-0.25, -0.2) is 4.79 Å². The predicted molar refractivity (Wildman–Crippen MR) is 107 cm³/mol. The quantitative estimate of drug-likeness (QED) is 0.584. The normalized spacial score (nSPS) is 10.5. The minimum absolute atomic E-state index is 0.105. The second kappa shape index (κ2) is 9.05. The molecular formula is C20H23N3O6. The van der Waals surface area contributed by atoms with E-state index in [4.69, 9.17) is 23.4 Å². The number of ether oxygens (including phenoxy) is 4.